The third-order valence-electron chi connectivity index (χ3n) is 3.70. The lowest BCUT2D eigenvalue weighted by Crippen LogP contribution is -2.34. The van der Waals surface area contributed by atoms with Crippen LogP contribution >= 0.6 is 15.9 Å². The second-order valence-electron chi connectivity index (χ2n) is 5.69. The van der Waals surface area contributed by atoms with Gasteiger partial charge in [0.25, 0.3) is 11.8 Å². The highest BCUT2D eigenvalue weighted by Crippen LogP contribution is 2.14. The van der Waals surface area contributed by atoms with Crippen LogP contribution in [0.1, 0.15) is 21.7 Å². The number of nitrogens with one attached hydrogen (secondary N) is 2. The van der Waals surface area contributed by atoms with Gasteiger partial charge in [0, 0.05) is 6.54 Å². The van der Waals surface area contributed by atoms with Crippen molar-refractivity contribution in [1.29, 1.82) is 0 Å². The van der Waals surface area contributed by atoms with Crippen LogP contribution in [-0.2, 0) is 11.3 Å². The number of carbonyl (C=O) groups is 2. The highest BCUT2D eigenvalue weighted by Gasteiger charge is 2.17. The molecule has 3 aromatic rings. The maximum absolute atomic E-state index is 12.7. The van der Waals surface area contributed by atoms with E-state index in [1.54, 1.807) is 12.1 Å². The fourth-order valence-corrected chi connectivity index (χ4v) is 2.67. The molecule has 0 spiro atoms. The molecule has 0 radical (unpaired) electrons. The molecule has 3 rings (SSSR count). The summed E-state index contributed by atoms with van der Waals surface area (Å²) in [6.07, 6.45) is 1.62. The molecule has 2 amide bonds. The number of furan rings is 1. The third kappa shape index (κ3) is 5.43. The summed E-state index contributed by atoms with van der Waals surface area (Å²) >= 11 is 3.16. The number of amides is 2. The Kier molecular flexibility index (Phi) is 6.22. The lowest BCUT2D eigenvalue weighted by Gasteiger charge is -2.10. The number of hydrogen-bond acceptors (Lipinski definition) is 3. The Morgan fingerprint density at radius 2 is 1.59 bits per heavy atom. The van der Waals surface area contributed by atoms with Crippen LogP contribution in [0.4, 0.5) is 0 Å². The molecule has 0 aliphatic rings. The molecular formula is C21H17BrN2O3. The van der Waals surface area contributed by atoms with E-state index < -0.39 is 5.91 Å². The molecule has 2 aromatic carbocycles. The van der Waals surface area contributed by atoms with Crippen LogP contribution in [0.3, 0.4) is 0 Å². The van der Waals surface area contributed by atoms with Crippen molar-refractivity contribution in [3.63, 3.8) is 0 Å². The highest BCUT2D eigenvalue weighted by atomic mass is 79.9. The van der Waals surface area contributed by atoms with E-state index in [1.165, 1.54) is 6.07 Å². The summed E-state index contributed by atoms with van der Waals surface area (Å²) < 4.78 is 5.69. The van der Waals surface area contributed by atoms with E-state index in [-0.39, 0.29) is 17.4 Å². The van der Waals surface area contributed by atoms with Gasteiger partial charge in [0.05, 0.1) is 0 Å². The fraction of sp³-hybridized carbons (Fsp3) is 0.0476. The van der Waals surface area contributed by atoms with E-state index >= 15 is 0 Å². The number of halogens is 1. The third-order valence-corrected chi connectivity index (χ3v) is 4.12. The first-order chi connectivity index (χ1) is 13.1. The summed E-state index contributed by atoms with van der Waals surface area (Å²) in [4.78, 5) is 25.0. The second kappa shape index (κ2) is 9.00. The van der Waals surface area contributed by atoms with Crippen LogP contribution in [0.15, 0.2) is 87.6 Å². The topological polar surface area (TPSA) is 71.3 Å². The molecule has 0 aliphatic heterocycles. The first-order valence-electron chi connectivity index (χ1n) is 8.27. The summed E-state index contributed by atoms with van der Waals surface area (Å²) in [6.45, 7) is 0.355. The van der Waals surface area contributed by atoms with Gasteiger partial charge in [-0.3, -0.25) is 9.59 Å². The van der Waals surface area contributed by atoms with Crippen LogP contribution < -0.4 is 10.6 Å². The lowest BCUT2D eigenvalue weighted by atomic mass is 10.1. The maximum Gasteiger partial charge on any atom is 0.291 e. The van der Waals surface area contributed by atoms with E-state index in [1.807, 2.05) is 60.7 Å². The predicted molar refractivity (Wildman–Crippen MR) is 107 cm³/mol. The van der Waals surface area contributed by atoms with Crippen molar-refractivity contribution in [3.8, 4) is 0 Å². The minimum absolute atomic E-state index is 0.108. The fourth-order valence-electron chi connectivity index (χ4n) is 2.37. The Morgan fingerprint density at radius 1 is 0.926 bits per heavy atom. The van der Waals surface area contributed by atoms with E-state index in [2.05, 4.69) is 26.6 Å². The molecule has 1 heterocycles. The quantitative estimate of drug-likeness (QED) is 0.584. The van der Waals surface area contributed by atoms with Crippen LogP contribution in [0.25, 0.3) is 6.08 Å². The molecule has 27 heavy (non-hydrogen) atoms. The predicted octanol–water partition coefficient (Wildman–Crippen LogP) is 4.13. The van der Waals surface area contributed by atoms with Gasteiger partial charge in [-0.25, -0.2) is 0 Å². The van der Waals surface area contributed by atoms with E-state index in [0.717, 1.165) is 11.1 Å². The van der Waals surface area contributed by atoms with Gasteiger partial charge in [0.2, 0.25) is 0 Å². The number of benzene rings is 2. The van der Waals surface area contributed by atoms with Crippen molar-refractivity contribution >= 4 is 33.8 Å². The zero-order chi connectivity index (χ0) is 19.1. The van der Waals surface area contributed by atoms with Crippen LogP contribution in [0.5, 0.6) is 0 Å². The van der Waals surface area contributed by atoms with Crippen LogP contribution in [-0.4, -0.2) is 11.8 Å². The van der Waals surface area contributed by atoms with Crippen LogP contribution in [0, 0.1) is 0 Å². The Hall–Kier alpha value is -3.12. The van der Waals surface area contributed by atoms with Gasteiger partial charge in [-0.2, -0.15) is 0 Å². The molecule has 0 atom stereocenters. The zero-order valence-corrected chi connectivity index (χ0v) is 15.9. The molecule has 5 nitrogen and oxygen atoms in total. The van der Waals surface area contributed by atoms with Crippen LogP contribution in [0.2, 0.25) is 0 Å². The van der Waals surface area contributed by atoms with Gasteiger partial charge in [0.15, 0.2) is 10.4 Å². The average Bonchev–Trinajstić information content (AvgIpc) is 3.14. The van der Waals surface area contributed by atoms with E-state index in [0.29, 0.717) is 11.2 Å². The smallest absolute Gasteiger partial charge is 0.291 e. The Balaban J connectivity index is 1.77. The standard InChI is InChI=1S/C21H17BrN2O3/c22-19-12-11-18(27-19)21(26)24-17(13-15-7-3-1-4-8-15)20(25)23-14-16-9-5-2-6-10-16/h1-13H,14H2,(H,23,25)(H,24,26). The van der Waals surface area contributed by atoms with Gasteiger partial charge in [-0.05, 0) is 45.3 Å². The summed E-state index contributed by atoms with van der Waals surface area (Å²) in [6, 6.07) is 22.0. The van der Waals surface area contributed by atoms with Gasteiger partial charge in [0.1, 0.15) is 5.70 Å². The maximum atomic E-state index is 12.7. The van der Waals surface area contributed by atoms with Gasteiger partial charge in [-0.15, -0.1) is 0 Å². The molecule has 6 heteroatoms. The van der Waals surface area contributed by atoms with E-state index in [4.69, 9.17) is 4.42 Å². The monoisotopic (exact) mass is 424 g/mol. The Morgan fingerprint density at radius 3 is 2.22 bits per heavy atom. The van der Waals surface area contributed by atoms with Gasteiger partial charge < -0.3 is 15.1 Å². The molecule has 0 unspecified atom stereocenters. The SMILES string of the molecule is O=C(NCc1ccccc1)C(=Cc1ccccc1)NC(=O)c1ccc(Br)o1. The molecule has 0 aliphatic carbocycles. The van der Waals surface area contributed by atoms with Crippen molar-refractivity contribution in [2.75, 3.05) is 0 Å². The van der Waals surface area contributed by atoms with Crippen molar-refractivity contribution in [2.24, 2.45) is 0 Å². The van der Waals surface area contributed by atoms with Gasteiger partial charge >= 0.3 is 0 Å². The minimum atomic E-state index is -0.502. The first kappa shape index (κ1) is 18.7. The van der Waals surface area contributed by atoms with Crippen molar-refractivity contribution in [1.82, 2.24) is 10.6 Å². The molecule has 0 fully saturated rings. The largest absolute Gasteiger partial charge is 0.444 e. The normalized spacial score (nSPS) is 11.1. The lowest BCUT2D eigenvalue weighted by molar-refractivity contribution is -0.117. The second-order valence-corrected chi connectivity index (χ2v) is 6.48. The van der Waals surface area contributed by atoms with Crippen molar-refractivity contribution in [3.05, 3.63) is 100 Å². The molecule has 0 saturated heterocycles. The minimum Gasteiger partial charge on any atom is -0.444 e. The Labute approximate surface area is 165 Å². The summed E-state index contributed by atoms with van der Waals surface area (Å²) in [5.41, 5.74) is 1.89. The molecule has 0 saturated carbocycles. The molecule has 136 valence electrons. The molecule has 2 N–H and O–H groups in total. The molecular weight excluding hydrogens is 408 g/mol. The highest BCUT2D eigenvalue weighted by molar-refractivity contribution is 9.10. The number of rotatable bonds is 6. The summed E-state index contributed by atoms with van der Waals surface area (Å²) in [5.74, 6) is -0.781. The summed E-state index contributed by atoms with van der Waals surface area (Å²) in [7, 11) is 0. The zero-order valence-electron chi connectivity index (χ0n) is 14.3. The van der Waals surface area contributed by atoms with Crippen molar-refractivity contribution < 1.29 is 14.0 Å². The molecule has 0 bridgehead atoms. The van der Waals surface area contributed by atoms with Gasteiger partial charge in [-0.1, -0.05) is 60.7 Å². The number of carbonyl (C=O) groups excluding carboxylic acids is 2. The summed E-state index contributed by atoms with van der Waals surface area (Å²) in [5, 5.41) is 5.45. The first-order valence-corrected chi connectivity index (χ1v) is 9.06. The molecule has 1 aromatic heterocycles. The van der Waals surface area contributed by atoms with Crippen molar-refractivity contribution in [2.45, 2.75) is 6.54 Å². The number of hydrogen-bond donors (Lipinski definition) is 2. The Bertz CT molecular complexity index is 950. The average molecular weight is 425 g/mol. The van der Waals surface area contributed by atoms with E-state index in [9.17, 15) is 9.59 Å².